The fraction of sp³-hybridized carbons (Fsp3) is 0.625. The van der Waals surface area contributed by atoms with Gasteiger partial charge in [-0.05, 0) is 61.8 Å². The average Bonchev–Trinajstić information content (AvgIpc) is 2.37. The molecule has 0 bridgehead atoms. The Morgan fingerprint density at radius 1 is 1.17 bits per heavy atom. The number of hydrogen-bond acceptors (Lipinski definition) is 1. The van der Waals surface area contributed by atoms with Crippen molar-refractivity contribution >= 4 is 21.6 Å². The molecule has 0 amide bonds. The van der Waals surface area contributed by atoms with Crippen molar-refractivity contribution in [3.8, 4) is 0 Å². The third-order valence-electron chi connectivity index (χ3n) is 5.04. The van der Waals surface area contributed by atoms with E-state index in [0.29, 0.717) is 5.41 Å². The fourth-order valence-corrected chi connectivity index (χ4v) is 4.23. The standard InChI is InChI=1S/C16H22BrN/c1-12-11-13(17)5-6-14(12)18-15-7-10-16(15)8-3-2-4-9-16/h5-6,11,15,18H,2-4,7-10H2,1H3. The molecule has 0 saturated heterocycles. The van der Waals surface area contributed by atoms with Crippen molar-refractivity contribution in [1.82, 2.24) is 0 Å². The Morgan fingerprint density at radius 3 is 2.56 bits per heavy atom. The van der Waals surface area contributed by atoms with Crippen LogP contribution in [0.2, 0.25) is 0 Å². The molecule has 2 aliphatic carbocycles. The van der Waals surface area contributed by atoms with Crippen LogP contribution in [-0.2, 0) is 0 Å². The monoisotopic (exact) mass is 307 g/mol. The van der Waals surface area contributed by atoms with Gasteiger partial charge < -0.3 is 5.32 Å². The van der Waals surface area contributed by atoms with E-state index in [9.17, 15) is 0 Å². The lowest BCUT2D eigenvalue weighted by atomic mass is 9.57. The first-order valence-corrected chi connectivity index (χ1v) is 8.02. The minimum Gasteiger partial charge on any atom is -0.382 e. The zero-order valence-electron chi connectivity index (χ0n) is 11.1. The molecule has 0 aromatic heterocycles. The molecule has 1 atom stereocenters. The number of halogens is 1. The third kappa shape index (κ3) is 2.20. The summed E-state index contributed by atoms with van der Waals surface area (Å²) in [6.07, 6.45) is 10.0. The van der Waals surface area contributed by atoms with E-state index in [-0.39, 0.29) is 0 Å². The SMILES string of the molecule is Cc1cc(Br)ccc1NC1CCC12CCCCC2. The summed E-state index contributed by atoms with van der Waals surface area (Å²) < 4.78 is 1.17. The molecule has 0 heterocycles. The Morgan fingerprint density at radius 2 is 1.94 bits per heavy atom. The van der Waals surface area contributed by atoms with Gasteiger partial charge in [-0.3, -0.25) is 0 Å². The number of benzene rings is 1. The van der Waals surface area contributed by atoms with Crippen LogP contribution in [0.25, 0.3) is 0 Å². The summed E-state index contributed by atoms with van der Waals surface area (Å²) in [5, 5.41) is 3.81. The second-order valence-corrected chi connectivity index (χ2v) is 7.03. The van der Waals surface area contributed by atoms with Crippen molar-refractivity contribution in [2.75, 3.05) is 5.32 Å². The van der Waals surface area contributed by atoms with Crippen LogP contribution in [0.4, 0.5) is 5.69 Å². The molecule has 1 nitrogen and oxygen atoms in total. The molecule has 2 heteroatoms. The lowest BCUT2D eigenvalue weighted by Crippen LogP contribution is -2.50. The Labute approximate surface area is 118 Å². The van der Waals surface area contributed by atoms with Gasteiger partial charge in [0.2, 0.25) is 0 Å². The van der Waals surface area contributed by atoms with Crippen LogP contribution in [0, 0.1) is 12.3 Å². The molecule has 1 N–H and O–H groups in total. The summed E-state index contributed by atoms with van der Waals surface area (Å²) >= 11 is 3.54. The molecular formula is C16H22BrN. The highest BCUT2D eigenvalue weighted by Crippen LogP contribution is 2.52. The average molecular weight is 308 g/mol. The highest BCUT2D eigenvalue weighted by atomic mass is 79.9. The van der Waals surface area contributed by atoms with Crippen LogP contribution < -0.4 is 5.32 Å². The topological polar surface area (TPSA) is 12.0 Å². The van der Waals surface area contributed by atoms with E-state index < -0.39 is 0 Å². The predicted molar refractivity (Wildman–Crippen MR) is 81.0 cm³/mol. The summed E-state index contributed by atoms with van der Waals surface area (Å²) in [6.45, 7) is 2.19. The van der Waals surface area contributed by atoms with E-state index >= 15 is 0 Å². The molecule has 2 aliphatic rings. The lowest BCUT2D eigenvalue weighted by Gasteiger charge is -2.53. The summed E-state index contributed by atoms with van der Waals surface area (Å²) in [6, 6.07) is 7.28. The van der Waals surface area contributed by atoms with Gasteiger partial charge in [0.05, 0.1) is 0 Å². The van der Waals surface area contributed by atoms with Gasteiger partial charge in [0.1, 0.15) is 0 Å². The van der Waals surface area contributed by atoms with E-state index in [1.54, 1.807) is 0 Å². The minimum absolute atomic E-state index is 0.637. The molecule has 98 valence electrons. The van der Waals surface area contributed by atoms with Gasteiger partial charge in [0.25, 0.3) is 0 Å². The maximum atomic E-state index is 3.81. The van der Waals surface area contributed by atoms with E-state index in [2.05, 4.69) is 46.4 Å². The Kier molecular flexibility index (Phi) is 3.40. The summed E-state index contributed by atoms with van der Waals surface area (Å²) in [5.74, 6) is 0. The van der Waals surface area contributed by atoms with Gasteiger partial charge in [-0.2, -0.15) is 0 Å². The Bertz CT molecular complexity index is 435. The first kappa shape index (κ1) is 12.5. The zero-order valence-corrected chi connectivity index (χ0v) is 12.7. The highest BCUT2D eigenvalue weighted by Gasteiger charge is 2.46. The van der Waals surface area contributed by atoms with E-state index in [4.69, 9.17) is 0 Å². The molecule has 0 radical (unpaired) electrons. The second kappa shape index (κ2) is 4.88. The molecule has 18 heavy (non-hydrogen) atoms. The lowest BCUT2D eigenvalue weighted by molar-refractivity contribution is 0.0571. The molecule has 1 aromatic carbocycles. The van der Waals surface area contributed by atoms with Crippen molar-refractivity contribution in [3.05, 3.63) is 28.2 Å². The van der Waals surface area contributed by atoms with Gasteiger partial charge in [-0.15, -0.1) is 0 Å². The van der Waals surface area contributed by atoms with Crippen molar-refractivity contribution in [2.24, 2.45) is 5.41 Å². The largest absolute Gasteiger partial charge is 0.382 e. The van der Waals surface area contributed by atoms with Crippen molar-refractivity contribution in [1.29, 1.82) is 0 Å². The van der Waals surface area contributed by atoms with Crippen LogP contribution in [-0.4, -0.2) is 6.04 Å². The normalized spacial score (nSPS) is 25.8. The Hall–Kier alpha value is -0.500. The Balaban J connectivity index is 1.72. The van der Waals surface area contributed by atoms with Crippen molar-refractivity contribution < 1.29 is 0 Å². The quantitative estimate of drug-likeness (QED) is 0.783. The van der Waals surface area contributed by atoms with Crippen LogP contribution in [0.5, 0.6) is 0 Å². The second-order valence-electron chi connectivity index (χ2n) is 6.12. The third-order valence-corrected chi connectivity index (χ3v) is 5.53. The van der Waals surface area contributed by atoms with E-state index in [1.165, 1.54) is 60.7 Å². The molecular weight excluding hydrogens is 286 g/mol. The number of anilines is 1. The van der Waals surface area contributed by atoms with Crippen molar-refractivity contribution in [2.45, 2.75) is 57.9 Å². The van der Waals surface area contributed by atoms with Crippen LogP contribution in [0.15, 0.2) is 22.7 Å². The van der Waals surface area contributed by atoms with E-state index in [0.717, 1.165) is 6.04 Å². The molecule has 2 saturated carbocycles. The smallest absolute Gasteiger partial charge is 0.0373 e. The van der Waals surface area contributed by atoms with Gasteiger partial charge >= 0.3 is 0 Å². The molecule has 0 aliphatic heterocycles. The van der Waals surface area contributed by atoms with Gasteiger partial charge in [-0.1, -0.05) is 35.2 Å². The number of rotatable bonds is 2. The molecule has 1 spiro atoms. The summed E-state index contributed by atoms with van der Waals surface area (Å²) in [5.41, 5.74) is 3.31. The van der Waals surface area contributed by atoms with E-state index in [1.807, 2.05) is 0 Å². The van der Waals surface area contributed by atoms with Gasteiger partial charge in [0, 0.05) is 16.2 Å². The molecule has 3 rings (SSSR count). The number of aryl methyl sites for hydroxylation is 1. The summed E-state index contributed by atoms with van der Waals surface area (Å²) in [7, 11) is 0. The first-order valence-electron chi connectivity index (χ1n) is 7.22. The number of hydrogen-bond donors (Lipinski definition) is 1. The first-order chi connectivity index (χ1) is 8.70. The molecule has 1 aromatic rings. The maximum absolute atomic E-state index is 3.81. The number of nitrogens with one attached hydrogen (secondary N) is 1. The van der Waals surface area contributed by atoms with Crippen molar-refractivity contribution in [3.63, 3.8) is 0 Å². The minimum atomic E-state index is 0.637. The zero-order chi connectivity index (χ0) is 12.6. The summed E-state index contributed by atoms with van der Waals surface area (Å²) in [4.78, 5) is 0. The maximum Gasteiger partial charge on any atom is 0.0373 e. The van der Waals surface area contributed by atoms with Crippen LogP contribution in [0.1, 0.15) is 50.5 Å². The molecule has 1 unspecified atom stereocenters. The molecule has 2 fully saturated rings. The van der Waals surface area contributed by atoms with Crippen LogP contribution >= 0.6 is 15.9 Å². The van der Waals surface area contributed by atoms with Gasteiger partial charge in [-0.25, -0.2) is 0 Å². The van der Waals surface area contributed by atoms with Gasteiger partial charge in [0.15, 0.2) is 0 Å². The fourth-order valence-electron chi connectivity index (χ4n) is 3.75. The van der Waals surface area contributed by atoms with Crippen LogP contribution in [0.3, 0.4) is 0 Å². The predicted octanol–water partition coefficient (Wildman–Crippen LogP) is 5.28. The highest BCUT2D eigenvalue weighted by molar-refractivity contribution is 9.10.